The first-order chi connectivity index (χ1) is 6.57. The molecule has 1 unspecified atom stereocenters. The summed E-state index contributed by atoms with van der Waals surface area (Å²) in [6.45, 7) is 1.43. The molecule has 0 spiro atoms. The van der Waals surface area contributed by atoms with Crippen molar-refractivity contribution in [2.24, 2.45) is 0 Å². The van der Waals surface area contributed by atoms with Crippen LogP contribution in [-0.4, -0.2) is 5.78 Å². The standard InChI is InChI=1S/C10H11Cl2NO/c1-6(14)9(12)8-4-2-3-7(5-11)10(8)13/h2-4,9H,5,13H2,1H3. The smallest absolute Gasteiger partial charge is 0.152 e. The Kier molecular flexibility index (Phi) is 3.78. The number of carbonyl (C=O) groups is 1. The van der Waals surface area contributed by atoms with E-state index in [2.05, 4.69) is 0 Å². The van der Waals surface area contributed by atoms with Crippen LogP contribution in [0.25, 0.3) is 0 Å². The number of ketones is 1. The molecule has 0 heterocycles. The minimum absolute atomic E-state index is 0.120. The van der Waals surface area contributed by atoms with Crippen molar-refractivity contribution in [3.8, 4) is 0 Å². The molecule has 2 nitrogen and oxygen atoms in total. The number of para-hydroxylation sites is 1. The number of alkyl halides is 2. The first-order valence-electron chi connectivity index (χ1n) is 4.15. The number of hydrogen-bond acceptors (Lipinski definition) is 2. The molecule has 0 aromatic heterocycles. The lowest BCUT2D eigenvalue weighted by Crippen LogP contribution is -2.06. The number of Topliss-reactive ketones (excluding diaryl/α,β-unsaturated/α-hetero) is 1. The van der Waals surface area contributed by atoms with Crippen LogP contribution in [0.5, 0.6) is 0 Å². The summed E-state index contributed by atoms with van der Waals surface area (Å²) in [5.74, 6) is 0.200. The molecule has 2 N–H and O–H groups in total. The van der Waals surface area contributed by atoms with Gasteiger partial charge in [-0.2, -0.15) is 0 Å². The van der Waals surface area contributed by atoms with Gasteiger partial charge in [-0.25, -0.2) is 0 Å². The van der Waals surface area contributed by atoms with Gasteiger partial charge in [-0.1, -0.05) is 18.2 Å². The number of benzene rings is 1. The average molecular weight is 232 g/mol. The summed E-state index contributed by atoms with van der Waals surface area (Å²) in [7, 11) is 0. The molecule has 0 bridgehead atoms. The van der Waals surface area contributed by atoms with Crippen molar-refractivity contribution in [1.82, 2.24) is 0 Å². The predicted molar refractivity (Wildman–Crippen MR) is 59.7 cm³/mol. The molecule has 14 heavy (non-hydrogen) atoms. The normalized spacial score (nSPS) is 12.5. The summed E-state index contributed by atoms with van der Waals surface area (Å²) in [5.41, 5.74) is 7.76. The summed E-state index contributed by atoms with van der Waals surface area (Å²) in [6.07, 6.45) is 0. The van der Waals surface area contributed by atoms with Gasteiger partial charge < -0.3 is 5.73 Å². The van der Waals surface area contributed by atoms with Crippen LogP contribution in [-0.2, 0) is 10.7 Å². The molecule has 0 saturated heterocycles. The molecule has 0 aliphatic carbocycles. The highest BCUT2D eigenvalue weighted by molar-refractivity contribution is 6.31. The lowest BCUT2D eigenvalue weighted by atomic mass is 10.0. The van der Waals surface area contributed by atoms with Crippen molar-refractivity contribution in [3.05, 3.63) is 29.3 Å². The maximum absolute atomic E-state index is 11.1. The third-order valence-electron chi connectivity index (χ3n) is 2.00. The Morgan fingerprint density at radius 2 is 2.21 bits per heavy atom. The van der Waals surface area contributed by atoms with E-state index in [4.69, 9.17) is 28.9 Å². The molecular formula is C10H11Cl2NO. The van der Waals surface area contributed by atoms with Crippen LogP contribution in [0, 0.1) is 0 Å². The van der Waals surface area contributed by atoms with E-state index in [-0.39, 0.29) is 5.78 Å². The highest BCUT2D eigenvalue weighted by atomic mass is 35.5. The van der Waals surface area contributed by atoms with E-state index in [1.54, 1.807) is 12.1 Å². The Morgan fingerprint density at radius 3 is 2.71 bits per heavy atom. The minimum Gasteiger partial charge on any atom is -0.398 e. The Hall–Kier alpha value is -0.730. The summed E-state index contributed by atoms with van der Waals surface area (Å²) >= 11 is 11.6. The predicted octanol–water partition coefficient (Wildman–Crippen LogP) is 2.88. The fourth-order valence-corrected chi connectivity index (χ4v) is 1.61. The van der Waals surface area contributed by atoms with Gasteiger partial charge in [0.2, 0.25) is 0 Å². The summed E-state index contributed by atoms with van der Waals surface area (Å²) < 4.78 is 0. The van der Waals surface area contributed by atoms with E-state index in [1.807, 2.05) is 6.07 Å². The fourth-order valence-electron chi connectivity index (χ4n) is 1.19. The van der Waals surface area contributed by atoms with Crippen LogP contribution in [0.15, 0.2) is 18.2 Å². The number of carbonyl (C=O) groups excluding carboxylic acids is 1. The number of halogens is 2. The third-order valence-corrected chi connectivity index (χ3v) is 2.83. The molecule has 1 atom stereocenters. The quantitative estimate of drug-likeness (QED) is 0.643. The number of hydrogen-bond donors (Lipinski definition) is 1. The lowest BCUT2D eigenvalue weighted by Gasteiger charge is -2.11. The van der Waals surface area contributed by atoms with Gasteiger partial charge in [-0.3, -0.25) is 4.79 Å². The zero-order valence-corrected chi connectivity index (χ0v) is 9.27. The molecule has 0 aliphatic heterocycles. The van der Waals surface area contributed by atoms with E-state index in [0.29, 0.717) is 17.1 Å². The van der Waals surface area contributed by atoms with Gasteiger partial charge >= 0.3 is 0 Å². The fraction of sp³-hybridized carbons (Fsp3) is 0.300. The summed E-state index contributed by atoms with van der Waals surface area (Å²) in [5, 5.41) is -0.682. The van der Waals surface area contributed by atoms with Gasteiger partial charge in [-0.15, -0.1) is 23.2 Å². The van der Waals surface area contributed by atoms with Crippen LogP contribution < -0.4 is 5.73 Å². The largest absolute Gasteiger partial charge is 0.398 e. The first-order valence-corrected chi connectivity index (χ1v) is 5.12. The molecule has 0 saturated carbocycles. The van der Waals surface area contributed by atoms with E-state index < -0.39 is 5.38 Å². The second-order valence-corrected chi connectivity index (χ2v) is 3.73. The molecule has 1 aromatic carbocycles. The van der Waals surface area contributed by atoms with Gasteiger partial charge in [-0.05, 0) is 12.5 Å². The van der Waals surface area contributed by atoms with Gasteiger partial charge in [0.15, 0.2) is 5.78 Å². The van der Waals surface area contributed by atoms with Crippen molar-refractivity contribution < 1.29 is 4.79 Å². The zero-order valence-electron chi connectivity index (χ0n) is 7.76. The first kappa shape index (κ1) is 11.3. The van der Waals surface area contributed by atoms with Crippen molar-refractivity contribution in [3.63, 3.8) is 0 Å². The van der Waals surface area contributed by atoms with Crippen molar-refractivity contribution >= 4 is 34.7 Å². The zero-order chi connectivity index (χ0) is 10.7. The molecule has 1 rings (SSSR count). The van der Waals surface area contributed by atoms with Crippen molar-refractivity contribution in [2.75, 3.05) is 5.73 Å². The number of rotatable bonds is 3. The maximum Gasteiger partial charge on any atom is 0.152 e. The van der Waals surface area contributed by atoms with E-state index in [0.717, 1.165) is 5.56 Å². The van der Waals surface area contributed by atoms with Crippen LogP contribution in [0.4, 0.5) is 5.69 Å². The van der Waals surface area contributed by atoms with Gasteiger partial charge in [0.25, 0.3) is 0 Å². The summed E-state index contributed by atoms with van der Waals surface area (Å²) in [6, 6.07) is 5.35. The van der Waals surface area contributed by atoms with Crippen LogP contribution in [0.2, 0.25) is 0 Å². The second kappa shape index (κ2) is 4.67. The molecule has 4 heteroatoms. The third kappa shape index (κ3) is 2.20. The molecular weight excluding hydrogens is 221 g/mol. The van der Waals surface area contributed by atoms with Gasteiger partial charge in [0.05, 0.1) is 0 Å². The Labute approximate surface area is 93.0 Å². The molecule has 1 aromatic rings. The van der Waals surface area contributed by atoms with Crippen molar-refractivity contribution in [2.45, 2.75) is 18.2 Å². The second-order valence-electron chi connectivity index (χ2n) is 3.03. The van der Waals surface area contributed by atoms with Gasteiger partial charge in [0.1, 0.15) is 5.38 Å². The SMILES string of the molecule is CC(=O)C(Cl)c1cccc(CCl)c1N. The summed E-state index contributed by atoms with van der Waals surface area (Å²) in [4.78, 5) is 11.1. The molecule has 0 amide bonds. The number of nitrogens with two attached hydrogens (primary N) is 1. The highest BCUT2D eigenvalue weighted by Crippen LogP contribution is 2.29. The molecule has 0 fully saturated rings. The van der Waals surface area contributed by atoms with E-state index in [9.17, 15) is 4.79 Å². The maximum atomic E-state index is 11.1. The molecule has 0 radical (unpaired) electrons. The Bertz CT molecular complexity index is 352. The van der Waals surface area contributed by atoms with E-state index >= 15 is 0 Å². The lowest BCUT2D eigenvalue weighted by molar-refractivity contribution is -0.116. The van der Waals surface area contributed by atoms with Crippen molar-refractivity contribution in [1.29, 1.82) is 0 Å². The number of anilines is 1. The minimum atomic E-state index is -0.682. The Morgan fingerprint density at radius 1 is 1.57 bits per heavy atom. The Balaban J connectivity index is 3.15. The van der Waals surface area contributed by atoms with Crippen LogP contribution in [0.3, 0.4) is 0 Å². The van der Waals surface area contributed by atoms with Crippen LogP contribution in [0.1, 0.15) is 23.4 Å². The van der Waals surface area contributed by atoms with Crippen LogP contribution >= 0.6 is 23.2 Å². The highest BCUT2D eigenvalue weighted by Gasteiger charge is 2.16. The van der Waals surface area contributed by atoms with Gasteiger partial charge in [0, 0.05) is 17.1 Å². The average Bonchev–Trinajstić information content (AvgIpc) is 2.17. The topological polar surface area (TPSA) is 43.1 Å². The molecule has 76 valence electrons. The monoisotopic (exact) mass is 231 g/mol. The number of nitrogen functional groups attached to an aromatic ring is 1. The molecule has 0 aliphatic rings. The van der Waals surface area contributed by atoms with E-state index in [1.165, 1.54) is 6.92 Å².